The van der Waals surface area contributed by atoms with Crippen LogP contribution in [0.3, 0.4) is 0 Å². The van der Waals surface area contributed by atoms with Crippen molar-refractivity contribution in [2.24, 2.45) is 0 Å². The smallest absolute Gasteiger partial charge is 0.303 e. The fourth-order valence-electron chi connectivity index (χ4n) is 2.43. The van der Waals surface area contributed by atoms with Gasteiger partial charge in [0.05, 0.1) is 11.5 Å². The lowest BCUT2D eigenvalue weighted by atomic mass is 10.2. The molecule has 0 heterocycles. The van der Waals surface area contributed by atoms with Crippen molar-refractivity contribution in [1.29, 1.82) is 0 Å². The quantitative estimate of drug-likeness (QED) is 0.508. The maximum absolute atomic E-state index is 12.5. The number of ether oxygens (including phenoxy) is 1. The largest absolute Gasteiger partial charge is 0.494 e. The number of carboxylic acids is 1. The highest BCUT2D eigenvalue weighted by molar-refractivity contribution is 7.89. The molecule has 0 atom stereocenters. The maximum Gasteiger partial charge on any atom is 0.303 e. The van der Waals surface area contributed by atoms with E-state index in [1.54, 1.807) is 38.1 Å². The molecule has 2 aromatic rings. The Morgan fingerprint density at radius 2 is 1.79 bits per heavy atom. The van der Waals surface area contributed by atoms with E-state index in [2.05, 4.69) is 10.0 Å². The number of sulfonamides is 1. The molecule has 0 aliphatic rings. The molecule has 0 spiro atoms. The number of nitrogens with one attached hydrogen (secondary N) is 2. The van der Waals surface area contributed by atoms with E-state index in [1.807, 2.05) is 0 Å². The highest BCUT2D eigenvalue weighted by Gasteiger charge is 2.17. The first-order valence-corrected chi connectivity index (χ1v) is 10.5. The van der Waals surface area contributed by atoms with Crippen molar-refractivity contribution < 1.29 is 27.9 Å². The van der Waals surface area contributed by atoms with Gasteiger partial charge in [-0.2, -0.15) is 0 Å². The molecule has 9 heteroatoms. The summed E-state index contributed by atoms with van der Waals surface area (Å²) in [6.45, 7) is 3.71. The first kappa shape index (κ1) is 22.4. The molecule has 0 unspecified atom stereocenters. The molecule has 0 fully saturated rings. The van der Waals surface area contributed by atoms with Crippen LogP contribution < -0.4 is 14.8 Å². The van der Waals surface area contributed by atoms with Crippen LogP contribution in [0, 0.1) is 0 Å². The second-order valence-electron chi connectivity index (χ2n) is 6.63. The zero-order valence-corrected chi connectivity index (χ0v) is 17.0. The minimum atomic E-state index is -3.69. The van der Waals surface area contributed by atoms with Crippen molar-refractivity contribution in [2.75, 3.05) is 11.9 Å². The molecule has 8 nitrogen and oxygen atoms in total. The Morgan fingerprint density at radius 1 is 1.10 bits per heavy atom. The maximum atomic E-state index is 12.5. The summed E-state index contributed by atoms with van der Waals surface area (Å²) in [7, 11) is -3.69. The van der Waals surface area contributed by atoms with Gasteiger partial charge in [-0.25, -0.2) is 13.1 Å². The minimum absolute atomic E-state index is 0.0176. The van der Waals surface area contributed by atoms with Crippen LogP contribution in [0.2, 0.25) is 0 Å². The molecule has 0 aliphatic carbocycles. The zero-order chi connectivity index (χ0) is 21.4. The van der Waals surface area contributed by atoms with Crippen LogP contribution in [-0.2, 0) is 14.8 Å². The number of hydrogen-bond acceptors (Lipinski definition) is 5. The first-order chi connectivity index (χ1) is 13.7. The third kappa shape index (κ3) is 7.20. The number of aliphatic carboxylic acids is 1. The topological polar surface area (TPSA) is 122 Å². The van der Waals surface area contributed by atoms with E-state index in [0.29, 0.717) is 17.9 Å². The lowest BCUT2D eigenvalue weighted by molar-refractivity contribution is -0.137. The fraction of sp³-hybridized carbons (Fsp3) is 0.300. The minimum Gasteiger partial charge on any atom is -0.494 e. The van der Waals surface area contributed by atoms with E-state index in [9.17, 15) is 18.0 Å². The van der Waals surface area contributed by atoms with Gasteiger partial charge < -0.3 is 15.2 Å². The molecule has 0 aliphatic heterocycles. The monoisotopic (exact) mass is 420 g/mol. The number of rotatable bonds is 10. The van der Waals surface area contributed by atoms with Gasteiger partial charge in [-0.3, -0.25) is 9.59 Å². The number of carbonyl (C=O) groups excluding carboxylic acids is 1. The summed E-state index contributed by atoms with van der Waals surface area (Å²) in [6, 6.07) is 12.1. The van der Waals surface area contributed by atoms with E-state index in [-0.39, 0.29) is 29.5 Å². The van der Waals surface area contributed by atoms with Crippen LogP contribution in [0.4, 0.5) is 5.69 Å². The van der Waals surface area contributed by atoms with E-state index >= 15 is 0 Å². The molecule has 0 saturated carbocycles. The van der Waals surface area contributed by atoms with Crippen LogP contribution in [0.1, 0.15) is 37.0 Å². The van der Waals surface area contributed by atoms with Crippen molar-refractivity contribution >= 4 is 27.6 Å². The third-order valence-electron chi connectivity index (χ3n) is 3.71. The summed E-state index contributed by atoms with van der Waals surface area (Å²) < 4.78 is 32.5. The number of carboxylic acid groups (broad SMARTS) is 1. The molecular weight excluding hydrogens is 396 g/mol. The number of hydrogen-bond donors (Lipinski definition) is 3. The SMILES string of the molecule is CC(C)NS(=O)(=O)c1cccc(C(=O)Nc2ccc(OCCCC(=O)O)cc2)c1. The van der Waals surface area contributed by atoms with Crippen molar-refractivity contribution in [3.63, 3.8) is 0 Å². The van der Waals surface area contributed by atoms with Gasteiger partial charge in [0.2, 0.25) is 10.0 Å². The Hall–Kier alpha value is -2.91. The number of benzene rings is 2. The van der Waals surface area contributed by atoms with E-state index in [4.69, 9.17) is 9.84 Å². The summed E-state index contributed by atoms with van der Waals surface area (Å²) >= 11 is 0. The zero-order valence-electron chi connectivity index (χ0n) is 16.2. The van der Waals surface area contributed by atoms with E-state index in [1.165, 1.54) is 24.3 Å². The molecule has 2 rings (SSSR count). The van der Waals surface area contributed by atoms with Crippen molar-refractivity contribution in [3.05, 3.63) is 54.1 Å². The summed E-state index contributed by atoms with van der Waals surface area (Å²) in [5, 5.41) is 11.3. The molecule has 2 aromatic carbocycles. The predicted molar refractivity (Wildman–Crippen MR) is 109 cm³/mol. The van der Waals surface area contributed by atoms with E-state index < -0.39 is 21.9 Å². The number of carbonyl (C=O) groups is 2. The van der Waals surface area contributed by atoms with Gasteiger partial charge in [-0.05, 0) is 62.7 Å². The van der Waals surface area contributed by atoms with Gasteiger partial charge in [0.25, 0.3) is 5.91 Å². The summed E-state index contributed by atoms with van der Waals surface area (Å²) in [4.78, 5) is 22.9. The Morgan fingerprint density at radius 3 is 2.41 bits per heavy atom. The highest BCUT2D eigenvalue weighted by atomic mass is 32.2. The van der Waals surface area contributed by atoms with Gasteiger partial charge >= 0.3 is 5.97 Å². The second-order valence-corrected chi connectivity index (χ2v) is 8.34. The Bertz CT molecular complexity index is 955. The molecule has 0 bridgehead atoms. The first-order valence-electron chi connectivity index (χ1n) is 9.06. The number of anilines is 1. The molecule has 0 aromatic heterocycles. The number of amides is 1. The highest BCUT2D eigenvalue weighted by Crippen LogP contribution is 2.18. The van der Waals surface area contributed by atoms with Crippen molar-refractivity contribution in [2.45, 2.75) is 37.6 Å². The van der Waals surface area contributed by atoms with Gasteiger partial charge in [0, 0.05) is 23.7 Å². The summed E-state index contributed by atoms with van der Waals surface area (Å²) in [5.74, 6) is -0.758. The van der Waals surface area contributed by atoms with Gasteiger partial charge in [0.15, 0.2) is 0 Å². The molecule has 0 radical (unpaired) electrons. The summed E-state index contributed by atoms with van der Waals surface area (Å²) in [5.41, 5.74) is 0.729. The van der Waals surface area contributed by atoms with Crippen LogP contribution in [0.25, 0.3) is 0 Å². The predicted octanol–water partition coefficient (Wildman–Crippen LogP) is 2.87. The van der Waals surface area contributed by atoms with E-state index in [0.717, 1.165) is 0 Å². The molecule has 1 amide bonds. The lowest BCUT2D eigenvalue weighted by Gasteiger charge is -2.11. The molecular formula is C20H24N2O6S. The van der Waals surface area contributed by atoms with Crippen molar-refractivity contribution in [3.8, 4) is 5.75 Å². The van der Waals surface area contributed by atoms with Gasteiger partial charge in [-0.15, -0.1) is 0 Å². The van der Waals surface area contributed by atoms with Crippen LogP contribution in [0.5, 0.6) is 5.75 Å². The molecule has 3 N–H and O–H groups in total. The fourth-order valence-corrected chi connectivity index (χ4v) is 3.73. The third-order valence-corrected chi connectivity index (χ3v) is 5.37. The molecule has 0 saturated heterocycles. The van der Waals surface area contributed by atoms with Gasteiger partial charge in [0.1, 0.15) is 5.75 Å². The second kappa shape index (κ2) is 10.0. The van der Waals surface area contributed by atoms with Gasteiger partial charge in [-0.1, -0.05) is 6.07 Å². The van der Waals surface area contributed by atoms with Crippen molar-refractivity contribution in [1.82, 2.24) is 4.72 Å². The summed E-state index contributed by atoms with van der Waals surface area (Å²) in [6.07, 6.45) is 0.439. The Kier molecular flexibility index (Phi) is 7.74. The Labute approximate surface area is 169 Å². The lowest BCUT2D eigenvalue weighted by Crippen LogP contribution is -2.30. The Balaban J connectivity index is 2.00. The van der Waals surface area contributed by atoms with Crippen LogP contribution in [0.15, 0.2) is 53.4 Å². The molecule has 156 valence electrons. The average Bonchev–Trinajstić information content (AvgIpc) is 2.65. The van der Waals surface area contributed by atoms with Crippen LogP contribution >= 0.6 is 0 Å². The normalized spacial score (nSPS) is 11.3. The standard InChI is InChI=1S/C20H24N2O6S/c1-14(2)22-29(26,27)18-6-3-5-15(13-18)20(25)21-16-8-10-17(11-9-16)28-12-4-7-19(23)24/h3,5-6,8-11,13-14,22H,4,7,12H2,1-2H3,(H,21,25)(H,23,24). The average molecular weight is 420 g/mol. The van der Waals surface area contributed by atoms with Crippen LogP contribution in [-0.4, -0.2) is 38.0 Å². The molecule has 29 heavy (non-hydrogen) atoms.